The van der Waals surface area contributed by atoms with Crippen molar-refractivity contribution in [3.05, 3.63) is 65.9 Å². The smallest absolute Gasteiger partial charge is 0.161 e. The van der Waals surface area contributed by atoms with Crippen molar-refractivity contribution in [2.24, 2.45) is 0 Å². The highest BCUT2D eigenvalue weighted by Gasteiger charge is 2.38. The van der Waals surface area contributed by atoms with E-state index in [0.29, 0.717) is 6.61 Å². The summed E-state index contributed by atoms with van der Waals surface area (Å²) in [5.41, 5.74) is 3.90. The van der Waals surface area contributed by atoms with E-state index in [9.17, 15) is 0 Å². The summed E-state index contributed by atoms with van der Waals surface area (Å²) in [5.74, 6) is 0.998. The Labute approximate surface area is 177 Å². The van der Waals surface area contributed by atoms with Crippen LogP contribution < -0.4 is 4.74 Å². The Morgan fingerprint density at radius 1 is 0.966 bits per heavy atom. The van der Waals surface area contributed by atoms with Crippen LogP contribution in [0.4, 0.5) is 0 Å². The molecule has 4 heteroatoms. The number of rotatable bonds is 7. The van der Waals surface area contributed by atoms with Gasteiger partial charge in [-0.15, -0.1) is 0 Å². The molecule has 29 heavy (non-hydrogen) atoms. The maximum atomic E-state index is 6.35. The highest BCUT2D eigenvalue weighted by Crippen LogP contribution is 2.41. The molecule has 0 spiro atoms. The van der Waals surface area contributed by atoms with Crippen LogP contribution in [0.5, 0.6) is 5.75 Å². The van der Waals surface area contributed by atoms with Crippen LogP contribution in [0.15, 0.2) is 54.7 Å². The summed E-state index contributed by atoms with van der Waals surface area (Å²) in [6, 6.07) is 16.9. The number of nitrogens with zero attached hydrogens (tertiary/aromatic N) is 2. The zero-order valence-electron chi connectivity index (χ0n) is 19.1. The van der Waals surface area contributed by atoms with Gasteiger partial charge in [0.25, 0.3) is 0 Å². The van der Waals surface area contributed by atoms with Crippen LogP contribution in [-0.4, -0.2) is 38.0 Å². The molecule has 3 nitrogen and oxygen atoms in total. The van der Waals surface area contributed by atoms with Gasteiger partial charge < -0.3 is 13.9 Å². The number of likely N-dealkylation sites (N-methyl/N-ethyl adjacent to an activating group) is 1. The minimum Gasteiger partial charge on any atom is -0.488 e. The van der Waals surface area contributed by atoms with Crippen molar-refractivity contribution in [1.29, 1.82) is 0 Å². The van der Waals surface area contributed by atoms with E-state index in [4.69, 9.17) is 4.74 Å². The lowest BCUT2D eigenvalue weighted by atomic mass is 10.1. The van der Waals surface area contributed by atoms with Crippen LogP contribution in [0.25, 0.3) is 10.9 Å². The average Bonchev–Trinajstić information content (AvgIpc) is 3.04. The second-order valence-corrected chi connectivity index (χ2v) is 14.9. The number of benzene rings is 2. The lowest BCUT2D eigenvalue weighted by molar-refractivity contribution is 0.310. The Morgan fingerprint density at radius 3 is 2.28 bits per heavy atom. The van der Waals surface area contributed by atoms with Gasteiger partial charge in [-0.3, -0.25) is 0 Å². The fraction of sp³-hybridized carbons (Fsp3) is 0.440. The van der Waals surface area contributed by atoms with Gasteiger partial charge in [-0.1, -0.05) is 70.3 Å². The summed E-state index contributed by atoms with van der Waals surface area (Å²) < 4.78 is 8.95. The topological polar surface area (TPSA) is 17.4 Å². The van der Waals surface area contributed by atoms with Gasteiger partial charge >= 0.3 is 0 Å². The second kappa shape index (κ2) is 8.37. The zero-order chi connectivity index (χ0) is 21.2. The molecule has 1 aromatic heterocycles. The normalized spacial score (nSPS) is 12.7. The standard InChI is InChI=1S/C25H36N2OSi/c1-25(2,3)29(6,7)27-18-21(16-17-26(4)5)24-22(27)14-11-15-23(24)28-19-20-12-9-8-10-13-20/h8-15,18H,16-17,19H2,1-7H3. The highest BCUT2D eigenvalue weighted by atomic mass is 28.3. The molecule has 0 radical (unpaired) electrons. The molecule has 0 aliphatic rings. The first kappa shape index (κ1) is 21.7. The van der Waals surface area contributed by atoms with Gasteiger partial charge in [0.05, 0.1) is 0 Å². The van der Waals surface area contributed by atoms with Crippen molar-refractivity contribution in [3.8, 4) is 5.75 Å². The first-order valence-corrected chi connectivity index (χ1v) is 13.5. The molecule has 156 valence electrons. The Kier molecular flexibility index (Phi) is 6.25. The molecule has 0 fully saturated rings. The Bertz CT molecular complexity index is 952. The summed E-state index contributed by atoms with van der Waals surface area (Å²) in [4.78, 5) is 2.25. The molecule has 3 rings (SSSR count). The first-order valence-electron chi connectivity index (χ1n) is 10.6. The first-order chi connectivity index (χ1) is 13.6. The van der Waals surface area contributed by atoms with Gasteiger partial charge in [0.2, 0.25) is 0 Å². The molecular formula is C25H36N2OSi. The molecule has 0 bridgehead atoms. The van der Waals surface area contributed by atoms with Gasteiger partial charge in [-0.2, -0.15) is 0 Å². The molecule has 0 aliphatic carbocycles. The molecule has 1 heterocycles. The maximum Gasteiger partial charge on any atom is 0.161 e. The monoisotopic (exact) mass is 408 g/mol. The molecule has 0 N–H and O–H groups in total. The molecule has 0 saturated carbocycles. The van der Waals surface area contributed by atoms with Crippen LogP contribution in [0.1, 0.15) is 31.9 Å². The molecule has 0 unspecified atom stereocenters. The lowest BCUT2D eigenvalue weighted by Gasteiger charge is -2.38. The molecule has 2 aromatic carbocycles. The fourth-order valence-corrected chi connectivity index (χ4v) is 5.54. The Morgan fingerprint density at radius 2 is 1.66 bits per heavy atom. The van der Waals surface area contributed by atoms with Crippen molar-refractivity contribution in [2.75, 3.05) is 20.6 Å². The van der Waals surface area contributed by atoms with Gasteiger partial charge in [-0.05, 0) is 55.0 Å². The SMILES string of the molecule is CN(C)CCc1cn([Si](C)(C)C(C)(C)C)c2cccc(OCc3ccccc3)c12. The summed E-state index contributed by atoms with van der Waals surface area (Å²) in [6.45, 7) is 13.7. The Hall–Kier alpha value is -2.04. The van der Waals surface area contributed by atoms with Crippen LogP contribution >= 0.6 is 0 Å². The van der Waals surface area contributed by atoms with E-state index in [-0.39, 0.29) is 5.04 Å². The third-order valence-corrected chi connectivity index (χ3v) is 11.6. The molecular weight excluding hydrogens is 372 g/mol. The van der Waals surface area contributed by atoms with Crippen molar-refractivity contribution in [3.63, 3.8) is 0 Å². The van der Waals surface area contributed by atoms with Crippen LogP contribution in [-0.2, 0) is 13.0 Å². The van der Waals surface area contributed by atoms with E-state index in [0.717, 1.165) is 18.7 Å². The summed E-state index contributed by atoms with van der Waals surface area (Å²) >= 11 is 0. The molecule has 3 aromatic rings. The minimum atomic E-state index is -1.74. The van der Waals surface area contributed by atoms with Crippen LogP contribution in [0.3, 0.4) is 0 Å². The molecule has 0 amide bonds. The zero-order valence-corrected chi connectivity index (χ0v) is 20.1. The predicted molar refractivity (Wildman–Crippen MR) is 128 cm³/mol. The van der Waals surface area contributed by atoms with E-state index in [1.807, 2.05) is 6.07 Å². The quantitative estimate of drug-likeness (QED) is 0.434. The highest BCUT2D eigenvalue weighted by molar-refractivity contribution is 6.79. The van der Waals surface area contributed by atoms with Crippen molar-refractivity contribution < 1.29 is 4.74 Å². The molecule has 0 saturated heterocycles. The van der Waals surface area contributed by atoms with E-state index in [1.165, 1.54) is 22.0 Å². The van der Waals surface area contributed by atoms with Crippen molar-refractivity contribution >= 4 is 19.1 Å². The molecule has 0 atom stereocenters. The number of hydrogen-bond donors (Lipinski definition) is 0. The van der Waals surface area contributed by atoms with Crippen molar-refractivity contribution in [1.82, 2.24) is 9.13 Å². The third kappa shape index (κ3) is 4.59. The minimum absolute atomic E-state index is 0.263. The van der Waals surface area contributed by atoms with E-state index in [1.54, 1.807) is 0 Å². The van der Waals surface area contributed by atoms with Gasteiger partial charge in [-0.25, -0.2) is 0 Å². The summed E-state index contributed by atoms with van der Waals surface area (Å²) in [6.07, 6.45) is 3.44. The van der Waals surface area contributed by atoms with E-state index < -0.39 is 8.24 Å². The van der Waals surface area contributed by atoms with E-state index >= 15 is 0 Å². The summed E-state index contributed by atoms with van der Waals surface area (Å²) in [5, 5.41) is 1.55. The number of fused-ring (bicyclic) bond motifs is 1. The van der Waals surface area contributed by atoms with Gasteiger partial charge in [0.15, 0.2) is 8.24 Å². The van der Waals surface area contributed by atoms with Gasteiger partial charge in [0, 0.05) is 17.4 Å². The second-order valence-electron chi connectivity index (χ2n) is 9.81. The molecule has 0 aliphatic heterocycles. The largest absolute Gasteiger partial charge is 0.488 e. The predicted octanol–water partition coefficient (Wildman–Crippen LogP) is 6.18. The number of ether oxygens (including phenoxy) is 1. The van der Waals surface area contributed by atoms with Crippen LogP contribution in [0.2, 0.25) is 18.1 Å². The number of aromatic nitrogens is 1. The van der Waals surface area contributed by atoms with Gasteiger partial charge in [0.1, 0.15) is 12.4 Å². The number of hydrogen-bond acceptors (Lipinski definition) is 2. The fourth-order valence-electron chi connectivity index (χ4n) is 3.55. The summed E-state index contributed by atoms with van der Waals surface area (Å²) in [7, 11) is 2.53. The van der Waals surface area contributed by atoms with Crippen LogP contribution in [0, 0.1) is 0 Å². The third-order valence-electron chi connectivity index (χ3n) is 6.37. The van der Waals surface area contributed by atoms with E-state index in [2.05, 4.69) is 106 Å². The lowest BCUT2D eigenvalue weighted by Crippen LogP contribution is -2.44. The Balaban J connectivity index is 2.08. The van der Waals surface area contributed by atoms with Crippen molar-refractivity contribution in [2.45, 2.75) is 51.9 Å². The average molecular weight is 409 g/mol. The maximum absolute atomic E-state index is 6.35.